The van der Waals surface area contributed by atoms with Crippen LogP contribution < -0.4 is 5.32 Å². The summed E-state index contributed by atoms with van der Waals surface area (Å²) in [7, 11) is 6.18. The maximum absolute atomic E-state index is 14.2. The molecule has 12 nitrogen and oxygen atoms in total. The minimum absolute atomic E-state index is 0.00709. The summed E-state index contributed by atoms with van der Waals surface area (Å²) in [5.74, 6) is -1.48. The van der Waals surface area contributed by atoms with E-state index in [2.05, 4.69) is 11.4 Å². The quantitative estimate of drug-likeness (QED) is 0.198. The molecule has 10 atom stereocenters. The standard InChI is InChI=1S/C34H57N5O7/c1-10-21(4)29(26(44-7)19-27(40)39-16-11-12-25(39)31(45-8)22(5)34(43)46-9)37(6)33(42)28(20(2)3)36-32(41)30-23-13-14-24(18-23)38(30)17-15-35/h20-26,28-31H,10-14,16-19H2,1-9H3,(H,36,41)/t21?,22?,23-,24+,25-,26?,28?,29?,30-,31?/m0/s1. The second-order valence-electron chi connectivity index (χ2n) is 13.8. The fourth-order valence-corrected chi connectivity index (χ4v) is 8.20. The summed E-state index contributed by atoms with van der Waals surface area (Å²) >= 11 is 0. The number of nitrogens with one attached hydrogen (secondary N) is 1. The van der Waals surface area contributed by atoms with E-state index in [-0.39, 0.29) is 66.5 Å². The van der Waals surface area contributed by atoms with Gasteiger partial charge in [-0.3, -0.25) is 24.1 Å². The van der Waals surface area contributed by atoms with E-state index in [0.717, 1.165) is 32.1 Å². The van der Waals surface area contributed by atoms with Gasteiger partial charge in [0.05, 0.1) is 62.4 Å². The van der Waals surface area contributed by atoms with Gasteiger partial charge >= 0.3 is 5.97 Å². The third-order valence-corrected chi connectivity index (χ3v) is 10.9. The summed E-state index contributed by atoms with van der Waals surface area (Å²) in [6.45, 7) is 10.4. The number of piperidine rings is 1. The second-order valence-corrected chi connectivity index (χ2v) is 13.8. The Morgan fingerprint density at radius 3 is 2.30 bits per heavy atom. The lowest BCUT2D eigenvalue weighted by Gasteiger charge is -2.41. The van der Waals surface area contributed by atoms with Crippen molar-refractivity contribution in [3.63, 3.8) is 0 Å². The Labute approximate surface area is 275 Å². The van der Waals surface area contributed by atoms with Crippen molar-refractivity contribution in [2.24, 2.45) is 23.7 Å². The molecule has 6 unspecified atom stereocenters. The van der Waals surface area contributed by atoms with Gasteiger partial charge in [-0.2, -0.15) is 5.26 Å². The molecule has 1 saturated carbocycles. The molecular weight excluding hydrogens is 590 g/mol. The van der Waals surface area contributed by atoms with Crippen molar-refractivity contribution < 1.29 is 33.4 Å². The lowest BCUT2D eigenvalue weighted by Crippen LogP contribution is -2.60. The van der Waals surface area contributed by atoms with Gasteiger partial charge in [-0.05, 0) is 56.8 Å². The van der Waals surface area contributed by atoms with Crippen molar-refractivity contribution in [2.75, 3.05) is 41.5 Å². The van der Waals surface area contributed by atoms with Crippen LogP contribution in [0.25, 0.3) is 0 Å². The average molecular weight is 648 g/mol. The highest BCUT2D eigenvalue weighted by Gasteiger charge is 2.50. The first-order chi connectivity index (χ1) is 21.9. The summed E-state index contributed by atoms with van der Waals surface area (Å²) in [6, 6.07) is 0.557. The molecule has 0 aromatic carbocycles. The number of carbonyl (C=O) groups excluding carboxylic acids is 4. The van der Waals surface area contributed by atoms with E-state index in [0.29, 0.717) is 13.0 Å². The van der Waals surface area contributed by atoms with Crippen molar-refractivity contribution in [3.8, 4) is 6.07 Å². The maximum Gasteiger partial charge on any atom is 0.311 e. The van der Waals surface area contributed by atoms with Gasteiger partial charge in [0.25, 0.3) is 0 Å². The third kappa shape index (κ3) is 8.03. The van der Waals surface area contributed by atoms with Gasteiger partial charge in [-0.1, -0.05) is 34.1 Å². The summed E-state index contributed by atoms with van der Waals surface area (Å²) in [6.07, 6.45) is 4.04. The zero-order valence-electron chi connectivity index (χ0n) is 29.4. The van der Waals surface area contributed by atoms with Crippen molar-refractivity contribution in [1.82, 2.24) is 20.0 Å². The number of likely N-dealkylation sites (N-methyl/N-ethyl adjacent to an activating group) is 1. The molecule has 0 aromatic rings. The number of esters is 1. The van der Waals surface area contributed by atoms with Crippen LogP contribution in [0.1, 0.15) is 79.6 Å². The molecule has 12 heteroatoms. The van der Waals surface area contributed by atoms with E-state index in [9.17, 15) is 24.4 Å². The number of nitriles is 1. The van der Waals surface area contributed by atoms with Gasteiger partial charge in [-0.15, -0.1) is 0 Å². The molecule has 3 fully saturated rings. The number of nitrogens with zero attached hydrogens (tertiary/aromatic N) is 4. The Hall–Kier alpha value is -2.75. The summed E-state index contributed by atoms with van der Waals surface area (Å²) in [5.41, 5.74) is 0. The molecule has 3 aliphatic rings. The SMILES string of the molecule is CCC(C)C(C(CC(=O)N1CCC[C@H]1C(OC)C(C)C(=O)OC)OC)N(C)C(=O)C(NC(=O)[C@@H]1[C@H]2CC[C@H](C2)N1CC#N)C(C)C. The number of hydrogen-bond donors (Lipinski definition) is 1. The molecule has 0 radical (unpaired) electrons. The van der Waals surface area contributed by atoms with Crippen LogP contribution in [0.15, 0.2) is 0 Å². The Morgan fingerprint density at radius 1 is 1.04 bits per heavy atom. The van der Waals surface area contributed by atoms with Crippen molar-refractivity contribution in [2.45, 2.75) is 122 Å². The Kier molecular flexibility index (Phi) is 13.8. The van der Waals surface area contributed by atoms with Gasteiger partial charge in [0, 0.05) is 33.9 Å². The third-order valence-electron chi connectivity index (χ3n) is 10.9. The van der Waals surface area contributed by atoms with Gasteiger partial charge in [-0.25, -0.2) is 0 Å². The van der Waals surface area contributed by atoms with Crippen LogP contribution in [-0.4, -0.2) is 122 Å². The Morgan fingerprint density at radius 2 is 1.74 bits per heavy atom. The lowest BCUT2D eigenvalue weighted by molar-refractivity contribution is -0.154. The molecule has 2 aliphatic heterocycles. The molecule has 1 N–H and O–H groups in total. The topological polar surface area (TPSA) is 142 Å². The molecule has 2 heterocycles. The molecule has 2 bridgehead atoms. The number of carbonyl (C=O) groups is 4. The fourth-order valence-electron chi connectivity index (χ4n) is 8.20. The molecule has 3 amide bonds. The maximum atomic E-state index is 14.2. The Balaban J connectivity index is 1.79. The minimum atomic E-state index is -0.773. The first-order valence-corrected chi connectivity index (χ1v) is 17.0. The largest absolute Gasteiger partial charge is 0.469 e. The normalized spacial score (nSPS) is 26.6. The number of rotatable bonds is 16. The van der Waals surface area contributed by atoms with E-state index in [1.54, 1.807) is 38.0 Å². The van der Waals surface area contributed by atoms with Crippen LogP contribution in [0.5, 0.6) is 0 Å². The van der Waals surface area contributed by atoms with Gasteiger partial charge in [0.1, 0.15) is 6.04 Å². The molecular formula is C34H57N5O7. The number of amides is 3. The zero-order valence-corrected chi connectivity index (χ0v) is 29.4. The van der Waals surface area contributed by atoms with Crippen LogP contribution in [0.4, 0.5) is 0 Å². The van der Waals surface area contributed by atoms with Crippen LogP contribution in [0, 0.1) is 35.0 Å². The summed E-state index contributed by atoms with van der Waals surface area (Å²) < 4.78 is 16.6. The van der Waals surface area contributed by atoms with Crippen molar-refractivity contribution >= 4 is 23.7 Å². The first-order valence-electron chi connectivity index (χ1n) is 17.0. The molecule has 46 heavy (non-hydrogen) atoms. The van der Waals surface area contributed by atoms with Gasteiger partial charge in [0.2, 0.25) is 17.7 Å². The first kappa shape index (κ1) is 37.7. The van der Waals surface area contributed by atoms with Crippen molar-refractivity contribution in [3.05, 3.63) is 0 Å². The highest BCUT2D eigenvalue weighted by atomic mass is 16.5. The van der Waals surface area contributed by atoms with Crippen LogP contribution in [-0.2, 0) is 33.4 Å². The summed E-state index contributed by atoms with van der Waals surface area (Å²) in [4.78, 5) is 59.5. The smallest absolute Gasteiger partial charge is 0.311 e. The average Bonchev–Trinajstić information content (AvgIpc) is 3.80. The second kappa shape index (κ2) is 16.9. The van der Waals surface area contributed by atoms with Crippen LogP contribution >= 0.6 is 0 Å². The monoisotopic (exact) mass is 647 g/mol. The molecule has 0 aromatic heterocycles. The van der Waals surface area contributed by atoms with Gasteiger partial charge in [0.15, 0.2) is 0 Å². The highest BCUT2D eigenvalue weighted by molar-refractivity contribution is 5.90. The number of hydrogen-bond acceptors (Lipinski definition) is 9. The van der Waals surface area contributed by atoms with E-state index < -0.39 is 36.3 Å². The van der Waals surface area contributed by atoms with Gasteiger partial charge < -0.3 is 29.3 Å². The predicted molar refractivity (Wildman–Crippen MR) is 172 cm³/mol. The molecule has 260 valence electrons. The number of ether oxygens (including phenoxy) is 3. The van der Waals surface area contributed by atoms with Crippen LogP contribution in [0.2, 0.25) is 0 Å². The van der Waals surface area contributed by atoms with E-state index in [1.807, 2.05) is 32.6 Å². The highest BCUT2D eigenvalue weighted by Crippen LogP contribution is 2.42. The van der Waals surface area contributed by atoms with E-state index in [4.69, 9.17) is 14.2 Å². The fraction of sp³-hybridized carbons (Fsp3) is 0.853. The van der Waals surface area contributed by atoms with Crippen molar-refractivity contribution in [1.29, 1.82) is 5.26 Å². The predicted octanol–water partition coefficient (Wildman–Crippen LogP) is 2.60. The molecule has 2 saturated heterocycles. The van der Waals surface area contributed by atoms with E-state index in [1.165, 1.54) is 7.11 Å². The van der Waals surface area contributed by atoms with Crippen LogP contribution in [0.3, 0.4) is 0 Å². The van der Waals surface area contributed by atoms with E-state index >= 15 is 0 Å². The molecule has 0 spiro atoms. The molecule has 3 rings (SSSR count). The number of fused-ring (bicyclic) bond motifs is 2. The zero-order chi connectivity index (χ0) is 34.3. The number of likely N-dealkylation sites (tertiary alicyclic amines) is 2. The Bertz CT molecular complexity index is 1110. The number of methoxy groups -OCH3 is 3. The lowest BCUT2D eigenvalue weighted by atomic mass is 9.89. The molecule has 1 aliphatic carbocycles. The summed E-state index contributed by atoms with van der Waals surface area (Å²) in [5, 5.41) is 12.5. The minimum Gasteiger partial charge on any atom is -0.469 e.